The number of para-hydroxylation sites is 1. The van der Waals surface area contributed by atoms with Gasteiger partial charge in [-0.1, -0.05) is 18.2 Å². The molecule has 0 radical (unpaired) electrons. The van der Waals surface area contributed by atoms with Gasteiger partial charge in [-0.15, -0.1) is 12.4 Å². The van der Waals surface area contributed by atoms with Crippen molar-refractivity contribution in [3.63, 3.8) is 0 Å². The third-order valence-electron chi connectivity index (χ3n) is 2.56. The van der Waals surface area contributed by atoms with Crippen LogP contribution in [0.25, 0.3) is 0 Å². The van der Waals surface area contributed by atoms with Crippen molar-refractivity contribution in [3.8, 4) is 5.75 Å². The molecule has 1 fully saturated rings. The maximum atomic E-state index is 9.49. The Morgan fingerprint density at radius 1 is 1.38 bits per heavy atom. The van der Waals surface area contributed by atoms with E-state index in [2.05, 4.69) is 0 Å². The Morgan fingerprint density at radius 2 is 2.08 bits per heavy atom. The van der Waals surface area contributed by atoms with Crippen LogP contribution in [0.5, 0.6) is 5.75 Å². The molecule has 0 aliphatic heterocycles. The fourth-order valence-corrected chi connectivity index (χ4v) is 1.69. The van der Waals surface area contributed by atoms with E-state index in [0.717, 1.165) is 18.5 Å². The first-order chi connectivity index (χ1) is 5.83. The first-order valence-electron chi connectivity index (χ1n) is 4.31. The van der Waals surface area contributed by atoms with Crippen LogP contribution < -0.4 is 5.73 Å². The lowest BCUT2D eigenvalue weighted by molar-refractivity contribution is 0.467. The van der Waals surface area contributed by atoms with Crippen molar-refractivity contribution in [1.29, 1.82) is 0 Å². The highest BCUT2D eigenvalue weighted by Gasteiger charge is 2.38. The number of phenols is 1. The van der Waals surface area contributed by atoms with Crippen LogP contribution in [0.4, 0.5) is 0 Å². The maximum absolute atomic E-state index is 9.49. The van der Waals surface area contributed by atoms with Gasteiger partial charge in [0, 0.05) is 0 Å². The predicted octanol–water partition coefficient (Wildman–Crippen LogP) is 1.88. The van der Waals surface area contributed by atoms with Crippen molar-refractivity contribution in [1.82, 2.24) is 0 Å². The second-order valence-corrected chi connectivity index (χ2v) is 3.40. The van der Waals surface area contributed by atoms with E-state index < -0.39 is 0 Å². The van der Waals surface area contributed by atoms with Gasteiger partial charge in [0.05, 0.1) is 0 Å². The van der Waals surface area contributed by atoms with Crippen molar-refractivity contribution < 1.29 is 5.11 Å². The van der Waals surface area contributed by atoms with Gasteiger partial charge in [-0.05, 0) is 36.4 Å². The summed E-state index contributed by atoms with van der Waals surface area (Å²) in [5.41, 5.74) is 6.59. The lowest BCUT2D eigenvalue weighted by atomic mass is 10.1. The fraction of sp³-hybridized carbons (Fsp3) is 0.400. The summed E-state index contributed by atoms with van der Waals surface area (Å²) >= 11 is 0. The minimum Gasteiger partial charge on any atom is -0.508 e. The van der Waals surface area contributed by atoms with Gasteiger partial charge in [-0.2, -0.15) is 0 Å². The molecule has 1 saturated carbocycles. The van der Waals surface area contributed by atoms with Gasteiger partial charge in [-0.3, -0.25) is 0 Å². The van der Waals surface area contributed by atoms with Crippen molar-refractivity contribution in [2.75, 3.05) is 6.54 Å². The molecule has 2 nitrogen and oxygen atoms in total. The molecular weight excluding hydrogens is 186 g/mol. The van der Waals surface area contributed by atoms with E-state index >= 15 is 0 Å². The largest absolute Gasteiger partial charge is 0.508 e. The molecule has 0 saturated heterocycles. The number of rotatable bonds is 2. The Morgan fingerprint density at radius 3 is 2.62 bits per heavy atom. The lowest BCUT2D eigenvalue weighted by Gasteiger charge is -2.01. The lowest BCUT2D eigenvalue weighted by Crippen LogP contribution is -2.01. The van der Waals surface area contributed by atoms with Gasteiger partial charge in [0.1, 0.15) is 5.75 Å². The molecule has 1 aliphatic carbocycles. The number of phenolic OH excluding ortho intramolecular Hbond substituents is 1. The number of halogens is 1. The molecule has 0 bridgehead atoms. The van der Waals surface area contributed by atoms with Crippen LogP contribution in [0.2, 0.25) is 0 Å². The van der Waals surface area contributed by atoms with Crippen LogP contribution in [0.3, 0.4) is 0 Å². The minimum absolute atomic E-state index is 0. The van der Waals surface area contributed by atoms with E-state index in [0.29, 0.717) is 17.6 Å². The average molecular weight is 200 g/mol. The number of nitrogens with two attached hydrogens (primary N) is 1. The van der Waals surface area contributed by atoms with E-state index in [1.54, 1.807) is 6.07 Å². The van der Waals surface area contributed by atoms with Crippen molar-refractivity contribution in [3.05, 3.63) is 29.8 Å². The zero-order valence-corrected chi connectivity index (χ0v) is 8.13. The van der Waals surface area contributed by atoms with Crippen LogP contribution in [0.1, 0.15) is 17.9 Å². The topological polar surface area (TPSA) is 46.2 Å². The first-order valence-corrected chi connectivity index (χ1v) is 4.31. The first kappa shape index (κ1) is 10.4. The fourth-order valence-electron chi connectivity index (χ4n) is 1.69. The SMILES string of the molecule is Cl.NC[C@H]1C[C@@H]1c1ccccc1O. The van der Waals surface area contributed by atoms with Crippen molar-refractivity contribution in [2.45, 2.75) is 12.3 Å². The number of hydrogen-bond donors (Lipinski definition) is 2. The Bertz CT molecular complexity index is 290. The molecule has 13 heavy (non-hydrogen) atoms. The Labute approximate surface area is 84.2 Å². The van der Waals surface area contributed by atoms with Crippen molar-refractivity contribution >= 4 is 12.4 Å². The van der Waals surface area contributed by atoms with Crippen LogP contribution in [-0.2, 0) is 0 Å². The molecule has 3 heteroatoms. The molecule has 0 aromatic heterocycles. The molecule has 0 spiro atoms. The summed E-state index contributed by atoms with van der Waals surface area (Å²) in [6, 6.07) is 7.52. The third kappa shape index (κ3) is 1.95. The van der Waals surface area contributed by atoms with Gasteiger partial charge in [0.25, 0.3) is 0 Å². The predicted molar refractivity (Wildman–Crippen MR) is 55.3 cm³/mol. The van der Waals surface area contributed by atoms with Crippen LogP contribution in [-0.4, -0.2) is 11.7 Å². The second kappa shape index (κ2) is 3.99. The third-order valence-corrected chi connectivity index (χ3v) is 2.56. The summed E-state index contributed by atoms with van der Waals surface area (Å²) in [6.45, 7) is 0.735. The van der Waals surface area contributed by atoms with E-state index in [4.69, 9.17) is 5.73 Å². The molecule has 1 aromatic carbocycles. The summed E-state index contributed by atoms with van der Waals surface area (Å²) in [7, 11) is 0. The summed E-state index contributed by atoms with van der Waals surface area (Å²) < 4.78 is 0. The van der Waals surface area contributed by atoms with Gasteiger partial charge < -0.3 is 10.8 Å². The number of benzene rings is 1. The molecule has 2 rings (SSSR count). The smallest absolute Gasteiger partial charge is 0.119 e. The van der Waals surface area contributed by atoms with E-state index in [1.165, 1.54) is 0 Å². The van der Waals surface area contributed by atoms with Crippen molar-refractivity contribution in [2.24, 2.45) is 11.7 Å². The zero-order valence-electron chi connectivity index (χ0n) is 7.31. The monoisotopic (exact) mass is 199 g/mol. The van der Waals surface area contributed by atoms with Gasteiger partial charge in [0.2, 0.25) is 0 Å². The summed E-state index contributed by atoms with van der Waals surface area (Å²) in [5, 5.41) is 9.49. The maximum Gasteiger partial charge on any atom is 0.119 e. The van der Waals surface area contributed by atoms with Gasteiger partial charge in [0.15, 0.2) is 0 Å². The Balaban J connectivity index is 0.000000845. The highest BCUT2D eigenvalue weighted by molar-refractivity contribution is 5.85. The average Bonchev–Trinajstić information content (AvgIpc) is 2.84. The molecule has 0 unspecified atom stereocenters. The highest BCUT2D eigenvalue weighted by Crippen LogP contribution is 2.49. The number of aromatic hydroxyl groups is 1. The highest BCUT2D eigenvalue weighted by atomic mass is 35.5. The normalized spacial score (nSPS) is 25.0. The Kier molecular flexibility index (Phi) is 3.17. The summed E-state index contributed by atoms with van der Waals surface area (Å²) in [4.78, 5) is 0. The zero-order chi connectivity index (χ0) is 8.55. The van der Waals surface area contributed by atoms with E-state index in [-0.39, 0.29) is 12.4 Å². The van der Waals surface area contributed by atoms with Gasteiger partial charge in [-0.25, -0.2) is 0 Å². The molecular formula is C10H14ClNO. The minimum atomic E-state index is 0. The van der Waals surface area contributed by atoms with Crippen LogP contribution in [0.15, 0.2) is 24.3 Å². The van der Waals surface area contributed by atoms with Crippen LogP contribution in [0, 0.1) is 5.92 Å². The van der Waals surface area contributed by atoms with E-state index in [9.17, 15) is 5.11 Å². The molecule has 0 amide bonds. The Hall–Kier alpha value is -0.730. The second-order valence-electron chi connectivity index (χ2n) is 3.40. The summed E-state index contributed by atoms with van der Waals surface area (Å²) in [6.07, 6.45) is 1.13. The number of hydrogen-bond acceptors (Lipinski definition) is 2. The van der Waals surface area contributed by atoms with E-state index in [1.807, 2.05) is 18.2 Å². The molecule has 0 heterocycles. The standard InChI is InChI=1S/C10H13NO.ClH/c11-6-7-5-9(7)8-3-1-2-4-10(8)12;/h1-4,7,9,12H,5-6,11H2;1H/t7-,9+;/m1./s1. The molecule has 1 aliphatic rings. The van der Waals surface area contributed by atoms with Crippen LogP contribution >= 0.6 is 12.4 Å². The summed E-state index contributed by atoms with van der Waals surface area (Å²) in [5.74, 6) is 1.52. The molecule has 72 valence electrons. The molecule has 2 atom stereocenters. The quantitative estimate of drug-likeness (QED) is 0.764. The molecule has 1 aromatic rings. The molecule has 3 N–H and O–H groups in total. The van der Waals surface area contributed by atoms with Gasteiger partial charge >= 0.3 is 0 Å².